The van der Waals surface area contributed by atoms with E-state index in [2.05, 4.69) is 10.3 Å². The summed E-state index contributed by atoms with van der Waals surface area (Å²) in [6.45, 7) is -0.108. The molecule has 152 valence electrons. The third kappa shape index (κ3) is 4.43. The topological polar surface area (TPSA) is 190 Å². The molecule has 1 amide bonds. The average Bonchev–Trinajstić information content (AvgIpc) is 2.53. The number of alkyl halides is 2. The summed E-state index contributed by atoms with van der Waals surface area (Å²) in [5, 5.41) is 31.3. The van der Waals surface area contributed by atoms with Gasteiger partial charge in [0, 0.05) is 6.92 Å². The van der Waals surface area contributed by atoms with Gasteiger partial charge in [0.15, 0.2) is 12.1 Å². The molecule has 13 heteroatoms. The standard InChI is InChI=1S/C14H20F2N4O7/c1-4(21)19-7-5(20-13(17)18)2-6(12(24)25)27-9(7)10-8(22)11(23)14(15,16)3-26-10/h2,5,7-11,22-23H,3H2,1H3,(H,19,21)(H,24,25)(H4,17,18,20)/t5-,7+,8-,9?,10+,11-/m0/s1. The van der Waals surface area contributed by atoms with Crippen molar-refractivity contribution in [2.75, 3.05) is 6.61 Å². The molecule has 2 rings (SSSR count). The van der Waals surface area contributed by atoms with Crippen molar-refractivity contribution in [2.45, 2.75) is 49.3 Å². The number of halogens is 2. The second kappa shape index (κ2) is 7.62. The number of ether oxygens (including phenoxy) is 2. The molecule has 2 heterocycles. The molecule has 11 nitrogen and oxygen atoms in total. The summed E-state index contributed by atoms with van der Waals surface area (Å²) in [5.41, 5.74) is 10.6. The molecule has 0 aromatic rings. The summed E-state index contributed by atoms with van der Waals surface area (Å²) in [7, 11) is 0. The monoisotopic (exact) mass is 394 g/mol. The van der Waals surface area contributed by atoms with Gasteiger partial charge < -0.3 is 41.6 Å². The van der Waals surface area contributed by atoms with Crippen LogP contribution in [-0.4, -0.2) is 82.2 Å². The van der Waals surface area contributed by atoms with Gasteiger partial charge in [-0.15, -0.1) is 0 Å². The van der Waals surface area contributed by atoms with E-state index in [4.69, 9.17) is 20.9 Å². The predicted molar refractivity (Wildman–Crippen MR) is 84.5 cm³/mol. The van der Waals surface area contributed by atoms with E-state index < -0.39 is 72.6 Å². The maximum Gasteiger partial charge on any atom is 0.370 e. The number of carbonyl (C=O) groups is 2. The predicted octanol–water partition coefficient (Wildman–Crippen LogP) is -2.74. The largest absolute Gasteiger partial charge is 0.478 e. The molecule has 0 saturated carbocycles. The van der Waals surface area contributed by atoms with Gasteiger partial charge in [-0.2, -0.15) is 0 Å². The summed E-state index contributed by atoms with van der Waals surface area (Å²) in [5.74, 6) is -6.91. The average molecular weight is 394 g/mol. The highest BCUT2D eigenvalue weighted by molar-refractivity contribution is 5.85. The Bertz CT molecular complexity index is 668. The fourth-order valence-corrected chi connectivity index (χ4v) is 2.91. The van der Waals surface area contributed by atoms with Crippen molar-refractivity contribution in [3.8, 4) is 0 Å². The first kappa shape index (κ1) is 20.8. The second-order valence-electron chi connectivity index (χ2n) is 6.16. The number of hydrogen-bond donors (Lipinski definition) is 6. The van der Waals surface area contributed by atoms with Gasteiger partial charge in [0.25, 0.3) is 5.92 Å². The van der Waals surface area contributed by atoms with Gasteiger partial charge in [-0.25, -0.2) is 18.6 Å². The van der Waals surface area contributed by atoms with Crippen LogP contribution in [-0.2, 0) is 19.1 Å². The maximum atomic E-state index is 13.5. The van der Waals surface area contributed by atoms with Crippen molar-refractivity contribution in [3.05, 3.63) is 11.8 Å². The van der Waals surface area contributed by atoms with Crippen LogP contribution in [0.25, 0.3) is 0 Å². The van der Waals surface area contributed by atoms with Crippen molar-refractivity contribution < 1.29 is 43.2 Å². The first-order chi connectivity index (χ1) is 12.4. The molecule has 0 spiro atoms. The lowest BCUT2D eigenvalue weighted by molar-refractivity contribution is -0.271. The zero-order chi connectivity index (χ0) is 20.5. The number of guanidine groups is 1. The number of aliphatic imine (C=N–C) groups is 1. The quantitative estimate of drug-likeness (QED) is 0.217. The van der Waals surface area contributed by atoms with Gasteiger partial charge in [0.05, 0.1) is 12.1 Å². The van der Waals surface area contributed by atoms with Crippen LogP contribution >= 0.6 is 0 Å². The van der Waals surface area contributed by atoms with E-state index in [1.54, 1.807) is 0 Å². The number of carbonyl (C=O) groups excluding carboxylic acids is 1. The molecule has 0 aliphatic carbocycles. The van der Waals surface area contributed by atoms with Gasteiger partial charge in [0.1, 0.15) is 24.9 Å². The normalized spacial score (nSPS) is 35.4. The minimum absolute atomic E-state index is 0.436. The number of nitrogens with two attached hydrogens (primary N) is 2. The number of aliphatic carboxylic acids is 1. The Morgan fingerprint density at radius 3 is 2.48 bits per heavy atom. The van der Waals surface area contributed by atoms with Crippen LogP contribution < -0.4 is 16.8 Å². The molecule has 6 atom stereocenters. The van der Waals surface area contributed by atoms with E-state index in [0.29, 0.717) is 0 Å². The Balaban J connectivity index is 2.44. The lowest BCUT2D eigenvalue weighted by atomic mass is 9.88. The lowest BCUT2D eigenvalue weighted by Crippen LogP contribution is -2.66. The molecule has 8 N–H and O–H groups in total. The van der Waals surface area contributed by atoms with Crippen molar-refractivity contribution in [1.82, 2.24) is 5.32 Å². The summed E-state index contributed by atoms with van der Waals surface area (Å²) >= 11 is 0. The van der Waals surface area contributed by atoms with Crippen molar-refractivity contribution in [1.29, 1.82) is 0 Å². The van der Waals surface area contributed by atoms with Crippen LogP contribution in [0.3, 0.4) is 0 Å². The molecule has 2 aliphatic rings. The lowest BCUT2D eigenvalue weighted by Gasteiger charge is -2.44. The van der Waals surface area contributed by atoms with Gasteiger partial charge in [-0.1, -0.05) is 0 Å². The highest BCUT2D eigenvalue weighted by Crippen LogP contribution is 2.34. The summed E-state index contributed by atoms with van der Waals surface area (Å²) in [6, 6.07) is -2.33. The molecule has 1 saturated heterocycles. The third-order valence-electron chi connectivity index (χ3n) is 4.07. The maximum absolute atomic E-state index is 13.5. The van der Waals surface area contributed by atoms with E-state index in [1.807, 2.05) is 0 Å². The molecular weight excluding hydrogens is 374 g/mol. The molecule has 0 aromatic carbocycles. The highest BCUT2D eigenvalue weighted by atomic mass is 19.3. The van der Waals surface area contributed by atoms with Gasteiger partial charge in [0.2, 0.25) is 11.7 Å². The molecule has 2 aliphatic heterocycles. The van der Waals surface area contributed by atoms with Crippen LogP contribution in [0.1, 0.15) is 6.92 Å². The summed E-state index contributed by atoms with van der Waals surface area (Å²) < 4.78 is 37.3. The second-order valence-corrected chi connectivity index (χ2v) is 6.16. The van der Waals surface area contributed by atoms with E-state index in [9.17, 15) is 33.7 Å². The number of aliphatic hydroxyl groups excluding tert-OH is 2. The molecule has 0 bridgehead atoms. The number of carboxylic acid groups (broad SMARTS) is 1. The van der Waals surface area contributed by atoms with Crippen LogP contribution in [0.5, 0.6) is 0 Å². The highest BCUT2D eigenvalue weighted by Gasteiger charge is 2.56. The Morgan fingerprint density at radius 1 is 1.33 bits per heavy atom. The van der Waals surface area contributed by atoms with Crippen molar-refractivity contribution >= 4 is 17.8 Å². The summed E-state index contributed by atoms with van der Waals surface area (Å²) in [6.07, 6.45) is -6.70. The van der Waals surface area contributed by atoms with E-state index in [0.717, 1.165) is 13.0 Å². The van der Waals surface area contributed by atoms with Crippen LogP contribution in [0.15, 0.2) is 16.8 Å². The fourth-order valence-electron chi connectivity index (χ4n) is 2.91. The molecule has 0 aromatic heterocycles. The van der Waals surface area contributed by atoms with Gasteiger partial charge in [-0.05, 0) is 6.08 Å². The fraction of sp³-hybridized carbons (Fsp3) is 0.643. The van der Waals surface area contributed by atoms with E-state index in [1.165, 1.54) is 0 Å². The SMILES string of the molecule is CC(=O)N[C@H]1C([C@@H]2OCC(F)(F)[C@@H](O)[C@H]2O)OC(C(=O)O)=C[C@@H]1N=C(N)N. The first-order valence-electron chi connectivity index (χ1n) is 7.77. The van der Waals surface area contributed by atoms with E-state index >= 15 is 0 Å². The van der Waals surface area contributed by atoms with Crippen LogP contribution in [0, 0.1) is 0 Å². The van der Waals surface area contributed by atoms with Gasteiger partial charge in [-0.3, -0.25) is 4.79 Å². The Labute approximate surface area is 151 Å². The van der Waals surface area contributed by atoms with Crippen molar-refractivity contribution in [3.63, 3.8) is 0 Å². The van der Waals surface area contributed by atoms with E-state index in [-0.39, 0.29) is 0 Å². The summed E-state index contributed by atoms with van der Waals surface area (Å²) in [4.78, 5) is 26.7. The smallest absolute Gasteiger partial charge is 0.370 e. The molecular formula is C14H20F2N4O7. The number of nitrogens with zero attached hydrogens (tertiary/aromatic N) is 1. The minimum Gasteiger partial charge on any atom is -0.478 e. The molecule has 0 radical (unpaired) electrons. The molecule has 27 heavy (non-hydrogen) atoms. The first-order valence-corrected chi connectivity index (χ1v) is 7.77. The number of hydrogen-bond acceptors (Lipinski definition) is 7. The third-order valence-corrected chi connectivity index (χ3v) is 4.07. The zero-order valence-electron chi connectivity index (χ0n) is 14.1. The number of rotatable bonds is 4. The zero-order valence-corrected chi connectivity index (χ0v) is 14.1. The van der Waals surface area contributed by atoms with Crippen molar-refractivity contribution in [2.24, 2.45) is 16.5 Å². The molecule has 1 fully saturated rings. The molecule has 1 unspecified atom stereocenters. The minimum atomic E-state index is -3.72. The Morgan fingerprint density at radius 2 is 1.96 bits per heavy atom. The van der Waals surface area contributed by atoms with Crippen LogP contribution in [0.4, 0.5) is 8.78 Å². The Hall–Kier alpha value is -2.51. The van der Waals surface area contributed by atoms with Gasteiger partial charge >= 0.3 is 5.97 Å². The number of nitrogens with one attached hydrogen (secondary N) is 1. The number of amides is 1. The van der Waals surface area contributed by atoms with Crippen LogP contribution in [0.2, 0.25) is 0 Å². The number of carboxylic acids is 1. The Kier molecular flexibility index (Phi) is 5.87. The number of aliphatic hydroxyl groups is 2.